The molecular weight excluding hydrogens is 268 g/mol. The second kappa shape index (κ2) is 4.49. The highest BCUT2D eigenvalue weighted by Gasteiger charge is 2.46. The Morgan fingerprint density at radius 1 is 1.12 bits per heavy atom. The number of hydrogen-bond acceptors (Lipinski definition) is 5. The quantitative estimate of drug-likeness (QED) is 0.580. The van der Waals surface area contributed by atoms with E-state index in [2.05, 4.69) is 4.18 Å². The van der Waals surface area contributed by atoms with Crippen molar-refractivity contribution in [1.82, 2.24) is 0 Å². The molecule has 17 heavy (non-hydrogen) atoms. The van der Waals surface area contributed by atoms with E-state index in [4.69, 9.17) is 4.55 Å². The predicted octanol–water partition coefficient (Wildman–Crippen LogP) is 0.409. The SMILES string of the molecule is O=S(=O)(O)CCOS(=O)(=O)C1CC2CCC1C2. The second-order valence-corrected chi connectivity index (χ2v) is 8.21. The number of rotatable bonds is 5. The number of hydrogen-bond donors (Lipinski definition) is 1. The molecule has 0 aliphatic heterocycles. The Bertz CT molecular complexity index is 480. The summed E-state index contributed by atoms with van der Waals surface area (Å²) in [5, 5.41) is -0.484. The molecule has 8 heteroatoms. The molecule has 0 radical (unpaired) electrons. The van der Waals surface area contributed by atoms with Gasteiger partial charge in [0.25, 0.3) is 20.2 Å². The van der Waals surface area contributed by atoms with Gasteiger partial charge in [0.05, 0.1) is 11.9 Å². The lowest BCUT2D eigenvalue weighted by atomic mass is 10.0. The molecule has 2 saturated carbocycles. The molecule has 3 atom stereocenters. The van der Waals surface area contributed by atoms with E-state index in [1.165, 1.54) is 0 Å². The zero-order valence-electron chi connectivity index (χ0n) is 9.28. The lowest BCUT2D eigenvalue weighted by Gasteiger charge is -2.20. The fourth-order valence-electron chi connectivity index (χ4n) is 2.88. The van der Waals surface area contributed by atoms with Crippen molar-refractivity contribution in [3.05, 3.63) is 0 Å². The van der Waals surface area contributed by atoms with E-state index >= 15 is 0 Å². The summed E-state index contributed by atoms with van der Waals surface area (Å²) in [6, 6.07) is 0. The van der Waals surface area contributed by atoms with Crippen LogP contribution in [0.4, 0.5) is 0 Å². The highest BCUT2D eigenvalue weighted by Crippen LogP contribution is 2.47. The Morgan fingerprint density at radius 3 is 2.29 bits per heavy atom. The van der Waals surface area contributed by atoms with Crippen LogP contribution in [0.2, 0.25) is 0 Å². The fraction of sp³-hybridized carbons (Fsp3) is 1.00. The molecule has 1 N–H and O–H groups in total. The smallest absolute Gasteiger partial charge is 0.270 e. The van der Waals surface area contributed by atoms with E-state index in [9.17, 15) is 16.8 Å². The lowest BCUT2D eigenvalue weighted by Crippen LogP contribution is -2.30. The maximum absolute atomic E-state index is 11.8. The summed E-state index contributed by atoms with van der Waals surface area (Å²) in [7, 11) is -7.86. The summed E-state index contributed by atoms with van der Waals surface area (Å²) >= 11 is 0. The lowest BCUT2D eigenvalue weighted by molar-refractivity contribution is 0.315. The van der Waals surface area contributed by atoms with Crippen LogP contribution in [0.5, 0.6) is 0 Å². The summed E-state index contributed by atoms with van der Waals surface area (Å²) in [5.74, 6) is -0.0479. The average Bonchev–Trinajstić information content (AvgIpc) is 2.75. The molecule has 2 aliphatic rings. The van der Waals surface area contributed by atoms with E-state index in [1.54, 1.807) is 0 Å². The third-order valence-corrected chi connectivity index (χ3v) is 6.13. The fourth-order valence-corrected chi connectivity index (χ4v) is 5.00. The Hall–Kier alpha value is -0.180. The van der Waals surface area contributed by atoms with E-state index in [0.29, 0.717) is 12.3 Å². The summed E-state index contributed by atoms with van der Waals surface area (Å²) < 4.78 is 57.7. The van der Waals surface area contributed by atoms with Gasteiger partial charge in [0.1, 0.15) is 5.75 Å². The van der Waals surface area contributed by atoms with Crippen LogP contribution >= 0.6 is 0 Å². The molecule has 2 aliphatic carbocycles. The van der Waals surface area contributed by atoms with Gasteiger partial charge in [0.2, 0.25) is 0 Å². The topological polar surface area (TPSA) is 97.7 Å². The first-order valence-corrected chi connectivity index (χ1v) is 8.69. The molecule has 0 aromatic rings. The van der Waals surface area contributed by atoms with Crippen LogP contribution in [0.1, 0.15) is 25.7 Å². The van der Waals surface area contributed by atoms with E-state index in [-0.39, 0.29) is 5.92 Å². The molecule has 0 amide bonds. The molecular formula is C9H16O6S2. The second-order valence-electron chi connectivity index (χ2n) is 4.81. The van der Waals surface area contributed by atoms with E-state index in [1.807, 2.05) is 0 Å². The Morgan fingerprint density at radius 2 is 1.82 bits per heavy atom. The van der Waals surface area contributed by atoms with Gasteiger partial charge in [-0.05, 0) is 31.1 Å². The van der Waals surface area contributed by atoms with Crippen LogP contribution in [-0.4, -0.2) is 39.0 Å². The van der Waals surface area contributed by atoms with Gasteiger partial charge in [-0.2, -0.15) is 16.8 Å². The molecule has 2 rings (SSSR count). The van der Waals surface area contributed by atoms with Gasteiger partial charge in [-0.3, -0.25) is 8.74 Å². The minimum Gasteiger partial charge on any atom is -0.285 e. The van der Waals surface area contributed by atoms with Gasteiger partial charge in [-0.15, -0.1) is 0 Å². The molecule has 6 nitrogen and oxygen atoms in total. The minimum absolute atomic E-state index is 0.163. The minimum atomic E-state index is -4.17. The van der Waals surface area contributed by atoms with Crippen LogP contribution in [0.15, 0.2) is 0 Å². The molecule has 0 spiro atoms. The third kappa shape index (κ3) is 3.18. The maximum atomic E-state index is 11.8. The van der Waals surface area contributed by atoms with Crippen molar-refractivity contribution in [2.45, 2.75) is 30.9 Å². The summed E-state index contributed by atoms with van der Waals surface area (Å²) in [6.07, 6.45) is 3.56. The van der Waals surface area contributed by atoms with Crippen LogP contribution in [-0.2, 0) is 24.4 Å². The molecule has 0 saturated heterocycles. The first-order chi connectivity index (χ1) is 7.78. The maximum Gasteiger partial charge on any atom is 0.270 e. The summed E-state index contributed by atoms with van der Waals surface area (Å²) in [6.45, 7) is -0.505. The van der Waals surface area contributed by atoms with Crippen molar-refractivity contribution in [2.24, 2.45) is 11.8 Å². The van der Waals surface area contributed by atoms with Gasteiger partial charge in [-0.25, -0.2) is 0 Å². The van der Waals surface area contributed by atoms with Crippen molar-refractivity contribution in [3.8, 4) is 0 Å². The molecule has 2 fully saturated rings. The largest absolute Gasteiger partial charge is 0.285 e. The van der Waals surface area contributed by atoms with Crippen molar-refractivity contribution < 1.29 is 25.6 Å². The van der Waals surface area contributed by atoms with E-state index in [0.717, 1.165) is 19.3 Å². The van der Waals surface area contributed by atoms with Crippen LogP contribution in [0.25, 0.3) is 0 Å². The van der Waals surface area contributed by atoms with E-state index < -0.39 is 37.8 Å². The first kappa shape index (κ1) is 13.3. The van der Waals surface area contributed by atoms with Crippen molar-refractivity contribution in [2.75, 3.05) is 12.4 Å². The molecule has 2 bridgehead atoms. The Labute approximate surface area is 101 Å². The Balaban J connectivity index is 1.91. The monoisotopic (exact) mass is 284 g/mol. The molecule has 0 aromatic heterocycles. The third-order valence-electron chi connectivity index (χ3n) is 3.63. The van der Waals surface area contributed by atoms with Crippen LogP contribution in [0.3, 0.4) is 0 Å². The molecule has 0 heterocycles. The van der Waals surface area contributed by atoms with Crippen LogP contribution in [0, 0.1) is 11.8 Å². The predicted molar refractivity (Wildman–Crippen MR) is 60.5 cm³/mol. The zero-order chi connectivity index (χ0) is 12.7. The van der Waals surface area contributed by atoms with Gasteiger partial charge < -0.3 is 0 Å². The highest BCUT2D eigenvalue weighted by molar-refractivity contribution is 7.87. The van der Waals surface area contributed by atoms with Crippen molar-refractivity contribution >= 4 is 20.2 Å². The zero-order valence-corrected chi connectivity index (χ0v) is 10.9. The molecule has 100 valence electrons. The van der Waals surface area contributed by atoms with Crippen LogP contribution < -0.4 is 0 Å². The Kier molecular flexibility index (Phi) is 3.50. The normalized spacial score (nSPS) is 33.1. The molecule has 3 unspecified atom stereocenters. The average molecular weight is 284 g/mol. The summed E-state index contributed by atoms with van der Waals surface area (Å²) in [5.41, 5.74) is 0. The molecule has 0 aromatic carbocycles. The standard InChI is InChI=1S/C9H16O6S2/c10-16(11,12)4-3-15-17(13,14)9-6-7-1-2-8(9)5-7/h7-9H,1-6H2,(H,10,11,12). The highest BCUT2D eigenvalue weighted by atomic mass is 32.2. The van der Waals surface area contributed by atoms with Gasteiger partial charge >= 0.3 is 0 Å². The summed E-state index contributed by atoms with van der Waals surface area (Å²) in [4.78, 5) is 0. The first-order valence-electron chi connectivity index (χ1n) is 5.61. The van der Waals surface area contributed by atoms with Crippen molar-refractivity contribution in [1.29, 1.82) is 0 Å². The van der Waals surface area contributed by atoms with Gasteiger partial charge in [0, 0.05) is 0 Å². The van der Waals surface area contributed by atoms with Gasteiger partial charge in [0.15, 0.2) is 0 Å². The van der Waals surface area contributed by atoms with Crippen molar-refractivity contribution in [3.63, 3.8) is 0 Å². The number of fused-ring (bicyclic) bond motifs is 2. The van der Waals surface area contributed by atoms with Gasteiger partial charge in [-0.1, -0.05) is 6.42 Å².